The fourth-order valence-electron chi connectivity index (χ4n) is 2.64. The Kier molecular flexibility index (Phi) is 7.48. The van der Waals surface area contributed by atoms with Crippen LogP contribution >= 0.6 is 0 Å². The number of para-hydroxylation sites is 3. The van der Waals surface area contributed by atoms with Gasteiger partial charge in [0, 0.05) is 6.07 Å². The predicted octanol–water partition coefficient (Wildman–Crippen LogP) is 3.51. The van der Waals surface area contributed by atoms with Crippen LogP contribution < -0.4 is 10.6 Å². The summed E-state index contributed by atoms with van der Waals surface area (Å²) >= 11 is 0. The van der Waals surface area contributed by atoms with Crippen LogP contribution in [0.15, 0.2) is 48.5 Å². The second-order valence-corrected chi connectivity index (χ2v) is 6.22. The van der Waals surface area contributed by atoms with Crippen molar-refractivity contribution in [1.29, 1.82) is 0 Å². The molecule has 0 saturated carbocycles. The average molecular weight is 424 g/mol. The smallest absolute Gasteiger partial charge is 0.324 e. The molecule has 2 N–H and O–H groups in total. The third-order valence-electron chi connectivity index (χ3n) is 4.06. The number of nitrogens with one attached hydrogen (secondary N) is 2. The molecule has 0 bridgehead atoms. The van der Waals surface area contributed by atoms with Gasteiger partial charge in [-0.1, -0.05) is 31.2 Å². The lowest BCUT2D eigenvalue weighted by atomic mass is 10.1. The highest BCUT2D eigenvalue weighted by atomic mass is 19.4. The van der Waals surface area contributed by atoms with E-state index in [0.717, 1.165) is 12.1 Å². The summed E-state index contributed by atoms with van der Waals surface area (Å²) in [6, 6.07) is 10.1. The van der Waals surface area contributed by atoms with Gasteiger partial charge in [0.1, 0.15) is 5.69 Å². The van der Waals surface area contributed by atoms with E-state index in [1.165, 1.54) is 41.3 Å². The van der Waals surface area contributed by atoms with Crippen LogP contribution in [-0.4, -0.2) is 41.3 Å². The van der Waals surface area contributed by atoms with E-state index < -0.39 is 28.5 Å². The monoisotopic (exact) mass is 424 g/mol. The Bertz CT molecular complexity index is 934. The van der Waals surface area contributed by atoms with Crippen molar-refractivity contribution in [2.24, 2.45) is 0 Å². The molecule has 0 aliphatic heterocycles. The zero-order valence-electron chi connectivity index (χ0n) is 15.9. The van der Waals surface area contributed by atoms with E-state index in [0.29, 0.717) is 0 Å². The summed E-state index contributed by atoms with van der Waals surface area (Å²) in [5.41, 5.74) is -1.63. The molecule has 0 atom stereocenters. The van der Waals surface area contributed by atoms with Crippen molar-refractivity contribution in [3.8, 4) is 0 Å². The Morgan fingerprint density at radius 2 is 1.47 bits per heavy atom. The number of hydrogen-bond acceptors (Lipinski definition) is 5. The van der Waals surface area contributed by atoms with Crippen LogP contribution in [0.2, 0.25) is 0 Å². The van der Waals surface area contributed by atoms with Crippen molar-refractivity contribution in [3.63, 3.8) is 0 Å². The van der Waals surface area contributed by atoms with E-state index in [-0.39, 0.29) is 36.7 Å². The molecule has 0 radical (unpaired) electrons. The number of anilines is 2. The summed E-state index contributed by atoms with van der Waals surface area (Å²) in [6.45, 7) is 1.29. The number of nitrogens with zero attached hydrogens (tertiary/aromatic N) is 2. The molecule has 11 heteroatoms. The van der Waals surface area contributed by atoms with Crippen LogP contribution in [-0.2, 0) is 15.8 Å². The Labute approximate surface area is 169 Å². The first kappa shape index (κ1) is 22.8. The van der Waals surface area contributed by atoms with Gasteiger partial charge >= 0.3 is 6.18 Å². The molecule has 0 spiro atoms. The van der Waals surface area contributed by atoms with Crippen LogP contribution in [0.3, 0.4) is 0 Å². The molecule has 0 saturated heterocycles. The van der Waals surface area contributed by atoms with Gasteiger partial charge in [0.05, 0.1) is 29.3 Å². The zero-order valence-corrected chi connectivity index (χ0v) is 15.9. The molecule has 0 aromatic heterocycles. The third-order valence-corrected chi connectivity index (χ3v) is 4.06. The molecule has 2 rings (SSSR count). The van der Waals surface area contributed by atoms with E-state index in [9.17, 15) is 32.9 Å². The second-order valence-electron chi connectivity index (χ2n) is 6.22. The summed E-state index contributed by atoms with van der Waals surface area (Å²) in [4.78, 5) is 36.2. The van der Waals surface area contributed by atoms with Gasteiger partial charge in [-0.25, -0.2) is 0 Å². The molecule has 0 aliphatic rings. The lowest BCUT2D eigenvalue weighted by Crippen LogP contribution is -2.38. The second kappa shape index (κ2) is 9.83. The van der Waals surface area contributed by atoms with Gasteiger partial charge in [-0.15, -0.1) is 0 Å². The molecule has 0 aliphatic carbocycles. The Balaban J connectivity index is 2.00. The quantitative estimate of drug-likeness (QED) is 0.499. The summed E-state index contributed by atoms with van der Waals surface area (Å²) in [5, 5.41) is 15.6. The molecular weight excluding hydrogens is 405 g/mol. The van der Waals surface area contributed by atoms with Crippen molar-refractivity contribution in [3.05, 3.63) is 64.2 Å². The summed E-state index contributed by atoms with van der Waals surface area (Å²) in [7, 11) is 0. The number of carbonyl (C=O) groups excluding carboxylic acids is 2. The van der Waals surface area contributed by atoms with E-state index in [4.69, 9.17) is 0 Å². The average Bonchev–Trinajstić information content (AvgIpc) is 2.67. The summed E-state index contributed by atoms with van der Waals surface area (Å²) in [5.74, 6) is -1.33. The molecule has 0 fully saturated rings. The van der Waals surface area contributed by atoms with Gasteiger partial charge in [-0.05, 0) is 24.7 Å². The summed E-state index contributed by atoms with van der Waals surface area (Å²) < 4.78 is 39.1. The number of likely N-dealkylation sites (N-methyl/N-ethyl adjacent to an activating group) is 1. The molecule has 0 heterocycles. The number of carbonyl (C=O) groups is 2. The van der Waals surface area contributed by atoms with Gasteiger partial charge in [-0.3, -0.25) is 24.6 Å². The van der Waals surface area contributed by atoms with Gasteiger partial charge in [-0.2, -0.15) is 13.2 Å². The topological polar surface area (TPSA) is 105 Å². The highest BCUT2D eigenvalue weighted by molar-refractivity contribution is 5.96. The first-order valence-electron chi connectivity index (χ1n) is 8.83. The maximum atomic E-state index is 13.0. The van der Waals surface area contributed by atoms with Crippen molar-refractivity contribution in [2.45, 2.75) is 13.1 Å². The number of hydrogen-bond donors (Lipinski definition) is 2. The van der Waals surface area contributed by atoms with E-state index in [1.54, 1.807) is 6.92 Å². The molecule has 2 aromatic rings. The summed E-state index contributed by atoms with van der Waals surface area (Å²) in [6.07, 6.45) is -4.63. The van der Waals surface area contributed by atoms with Crippen LogP contribution in [0.5, 0.6) is 0 Å². The van der Waals surface area contributed by atoms with Crippen LogP contribution in [0, 0.1) is 10.1 Å². The fraction of sp³-hybridized carbons (Fsp3) is 0.263. The Morgan fingerprint density at radius 1 is 0.967 bits per heavy atom. The molecule has 160 valence electrons. The van der Waals surface area contributed by atoms with Crippen molar-refractivity contribution in [2.75, 3.05) is 30.3 Å². The fourth-order valence-corrected chi connectivity index (χ4v) is 2.64. The number of alkyl halides is 3. The third kappa shape index (κ3) is 6.27. The van der Waals surface area contributed by atoms with Gasteiger partial charge in [0.25, 0.3) is 5.69 Å². The van der Waals surface area contributed by atoms with Crippen LogP contribution in [0.25, 0.3) is 0 Å². The molecule has 2 amide bonds. The number of benzene rings is 2. The predicted molar refractivity (Wildman–Crippen MR) is 104 cm³/mol. The maximum Gasteiger partial charge on any atom is 0.418 e. The van der Waals surface area contributed by atoms with Crippen molar-refractivity contribution >= 4 is 28.9 Å². The lowest BCUT2D eigenvalue weighted by molar-refractivity contribution is -0.383. The molecular formula is C19H19F3N4O4. The molecule has 30 heavy (non-hydrogen) atoms. The number of nitro groups is 1. The highest BCUT2D eigenvalue weighted by Gasteiger charge is 2.33. The minimum Gasteiger partial charge on any atom is -0.324 e. The van der Waals surface area contributed by atoms with Crippen LogP contribution in [0.4, 0.5) is 30.2 Å². The Morgan fingerprint density at radius 3 is 2.00 bits per heavy atom. The normalized spacial score (nSPS) is 11.2. The number of nitro benzene ring substituents is 1. The minimum atomic E-state index is -4.63. The number of halogens is 3. The highest BCUT2D eigenvalue weighted by Crippen LogP contribution is 2.34. The molecule has 0 unspecified atom stereocenters. The van der Waals surface area contributed by atoms with Gasteiger partial charge in [0.15, 0.2) is 0 Å². The van der Waals surface area contributed by atoms with E-state index >= 15 is 0 Å². The van der Waals surface area contributed by atoms with Crippen molar-refractivity contribution < 1.29 is 27.7 Å². The SMILES string of the molecule is CCN(CC(=O)Nc1ccccc1[N+](=O)[O-])CC(=O)Nc1ccccc1C(F)(F)F. The minimum absolute atomic E-state index is 0.00658. The molecule has 8 nitrogen and oxygen atoms in total. The first-order valence-corrected chi connectivity index (χ1v) is 8.83. The number of amides is 2. The van der Waals surface area contributed by atoms with E-state index in [1.807, 2.05) is 0 Å². The zero-order chi connectivity index (χ0) is 22.3. The van der Waals surface area contributed by atoms with Crippen molar-refractivity contribution in [1.82, 2.24) is 4.90 Å². The first-order chi connectivity index (χ1) is 14.1. The molecule has 2 aromatic carbocycles. The number of rotatable bonds is 8. The maximum absolute atomic E-state index is 13.0. The van der Waals surface area contributed by atoms with Gasteiger partial charge < -0.3 is 10.6 Å². The Hall–Kier alpha value is -3.47. The van der Waals surface area contributed by atoms with Crippen LogP contribution in [0.1, 0.15) is 12.5 Å². The largest absolute Gasteiger partial charge is 0.418 e. The van der Waals surface area contributed by atoms with E-state index in [2.05, 4.69) is 10.6 Å². The lowest BCUT2D eigenvalue weighted by Gasteiger charge is -2.20. The van der Waals surface area contributed by atoms with Gasteiger partial charge in [0.2, 0.25) is 11.8 Å². The standard InChI is InChI=1S/C19H19F3N4O4/c1-2-25(12-18(28)24-15-9-5-6-10-16(15)26(29)30)11-17(27)23-14-8-4-3-7-13(14)19(20,21)22/h3-10H,2,11-12H2,1H3,(H,23,27)(H,24,28).